The summed E-state index contributed by atoms with van der Waals surface area (Å²) < 4.78 is 137. The van der Waals surface area contributed by atoms with E-state index < -0.39 is 33.4 Å². The zero-order valence-electron chi connectivity index (χ0n) is 19.9. The lowest BCUT2D eigenvalue weighted by Gasteiger charge is -2.34. The number of hydrogen-bond acceptors (Lipinski definition) is 4. The second kappa shape index (κ2) is 12.5. The van der Waals surface area contributed by atoms with Gasteiger partial charge < -0.3 is 4.55 Å². The van der Waals surface area contributed by atoms with Gasteiger partial charge in [0, 0.05) is 6.07 Å². The molecule has 0 bridgehead atoms. The van der Waals surface area contributed by atoms with Crippen molar-refractivity contribution in [3.63, 3.8) is 0 Å². The highest BCUT2D eigenvalue weighted by atomic mass is 32.2. The lowest BCUT2D eigenvalue weighted by molar-refractivity contribution is -0.382. The first-order valence-electron chi connectivity index (χ1n) is 11.0. The maximum Gasteiger partial charge on any atom is 0.460 e. The Morgan fingerprint density at radius 3 is 1.64 bits per heavy atom. The third-order valence-electron chi connectivity index (χ3n) is 5.04. The Labute approximate surface area is 225 Å². The van der Waals surface area contributed by atoms with Crippen molar-refractivity contribution in [3.8, 4) is 0 Å². The van der Waals surface area contributed by atoms with E-state index in [9.17, 15) is 52.5 Å². The molecule has 0 saturated carbocycles. The molecule has 0 N–H and O–H groups in total. The lowest BCUT2D eigenvalue weighted by Crippen LogP contribution is -2.63. The second-order valence-corrected chi connectivity index (χ2v) is 12.5. The van der Waals surface area contributed by atoms with Gasteiger partial charge >= 0.3 is 23.3 Å². The summed E-state index contributed by atoms with van der Waals surface area (Å²) in [5.74, 6) is -14.8. The molecule has 0 unspecified atom stereocenters. The van der Waals surface area contributed by atoms with E-state index in [1.165, 1.54) is 38.8 Å². The minimum Gasteiger partial charge on any atom is -0.743 e. The van der Waals surface area contributed by atoms with E-state index >= 15 is 0 Å². The van der Waals surface area contributed by atoms with Crippen LogP contribution in [0.3, 0.4) is 0 Å². The molecule has 0 amide bonds. The van der Waals surface area contributed by atoms with Crippen molar-refractivity contribution in [2.24, 2.45) is 0 Å². The van der Waals surface area contributed by atoms with Gasteiger partial charge in [-0.25, -0.2) is 8.42 Å². The van der Waals surface area contributed by atoms with Gasteiger partial charge in [-0.3, -0.25) is 0 Å². The van der Waals surface area contributed by atoms with Gasteiger partial charge in [0.2, 0.25) is 4.21 Å². The molecule has 15 heteroatoms. The van der Waals surface area contributed by atoms with Crippen molar-refractivity contribution >= 4 is 32.3 Å². The average molecular weight is 625 g/mol. The minimum atomic E-state index is -7.43. The van der Waals surface area contributed by atoms with Crippen molar-refractivity contribution in [1.82, 2.24) is 0 Å². The molecule has 0 atom stereocenters. The van der Waals surface area contributed by atoms with Crippen molar-refractivity contribution < 1.29 is 52.5 Å². The fraction of sp³-hybridized carbons (Fsp3) is 0.333. The summed E-state index contributed by atoms with van der Waals surface area (Å²) in [6, 6.07) is 24.2. The molecule has 0 saturated heterocycles. The van der Waals surface area contributed by atoms with E-state index in [0.29, 0.717) is 0 Å². The van der Waals surface area contributed by atoms with Crippen molar-refractivity contribution in [1.29, 1.82) is 0 Å². The van der Waals surface area contributed by atoms with E-state index in [1.54, 1.807) is 0 Å². The molecule has 0 aliphatic heterocycles. The highest BCUT2D eigenvalue weighted by molar-refractivity contribution is 7.98. The SMILES string of the molecule is CCCCc1csc([S+](c2ccccc2)c2ccccc2)c1.O=S(=O)([O-])C(F)(F)C(F)(F)C(F)(F)C(F)(F)F. The zero-order valence-corrected chi connectivity index (χ0v) is 22.4. The third kappa shape index (κ3) is 7.30. The molecule has 0 fully saturated rings. The van der Waals surface area contributed by atoms with Crippen LogP contribution in [0.15, 0.2) is 86.1 Å². The summed E-state index contributed by atoms with van der Waals surface area (Å²) in [6.07, 6.45) is -3.42. The van der Waals surface area contributed by atoms with E-state index in [1.807, 2.05) is 11.3 Å². The number of rotatable bonds is 9. The molecule has 0 aliphatic rings. The fourth-order valence-electron chi connectivity index (χ4n) is 2.97. The van der Waals surface area contributed by atoms with E-state index in [0.717, 1.165) is 0 Å². The standard InChI is InChI=1S/C20H21S2.C4HF9O3S/c1-2-3-10-17-15-20(21-16-17)22(18-11-6-4-7-12-18)19-13-8-5-9-14-19;5-1(6,3(9,10)11)2(7,8)4(12,13)17(14,15)16/h4-9,11-16H,2-3,10H2,1H3;(H,14,15,16)/q+1;/p-1. The van der Waals surface area contributed by atoms with E-state index in [4.69, 9.17) is 0 Å². The lowest BCUT2D eigenvalue weighted by atomic mass is 10.1. The average Bonchev–Trinajstić information content (AvgIpc) is 3.31. The Morgan fingerprint density at radius 1 is 0.795 bits per heavy atom. The molecule has 2 aromatic carbocycles. The first-order chi connectivity index (χ1) is 17.9. The molecule has 39 heavy (non-hydrogen) atoms. The largest absolute Gasteiger partial charge is 0.743 e. The molecule has 1 heterocycles. The van der Waals surface area contributed by atoms with Gasteiger partial charge in [0.15, 0.2) is 19.9 Å². The summed E-state index contributed by atoms with van der Waals surface area (Å²) in [5, 5.41) is -4.77. The summed E-state index contributed by atoms with van der Waals surface area (Å²) in [6.45, 7) is 2.26. The summed E-state index contributed by atoms with van der Waals surface area (Å²) in [5.41, 5.74) is 1.49. The normalized spacial score (nSPS) is 13.2. The van der Waals surface area contributed by atoms with Crippen LogP contribution in [0.2, 0.25) is 0 Å². The van der Waals surface area contributed by atoms with Crippen molar-refractivity contribution in [3.05, 3.63) is 77.7 Å². The van der Waals surface area contributed by atoms with Crippen LogP contribution in [0.25, 0.3) is 0 Å². The maximum absolute atomic E-state index is 12.2. The molecule has 1 aromatic heterocycles. The summed E-state index contributed by atoms with van der Waals surface area (Å²) >= 11 is 1.91. The van der Waals surface area contributed by atoms with Crippen LogP contribution in [0, 0.1) is 0 Å². The van der Waals surface area contributed by atoms with Crippen LogP contribution in [-0.4, -0.2) is 36.2 Å². The summed E-state index contributed by atoms with van der Waals surface area (Å²) in [4.78, 5) is 2.80. The first-order valence-corrected chi connectivity index (χ1v) is 14.5. The number of halogens is 9. The van der Waals surface area contributed by atoms with Crippen LogP contribution in [0.5, 0.6) is 0 Å². The zero-order chi connectivity index (χ0) is 29.7. The topological polar surface area (TPSA) is 57.2 Å². The highest BCUT2D eigenvalue weighted by Gasteiger charge is 2.83. The van der Waals surface area contributed by atoms with Crippen molar-refractivity contribution in [2.75, 3.05) is 0 Å². The fourth-order valence-corrected chi connectivity index (χ4v) is 7.06. The summed E-state index contributed by atoms with van der Waals surface area (Å²) in [7, 11) is -7.40. The Hall–Kier alpha value is -2.23. The van der Waals surface area contributed by atoms with Gasteiger partial charge in [-0.15, -0.1) is 0 Å². The quantitative estimate of drug-likeness (QED) is 0.137. The van der Waals surface area contributed by atoms with E-state index in [2.05, 4.69) is 79.0 Å². The Balaban J connectivity index is 0.000000285. The van der Waals surface area contributed by atoms with Crippen LogP contribution in [-0.2, 0) is 27.4 Å². The third-order valence-corrected chi connectivity index (χ3v) is 9.49. The minimum absolute atomic E-state index is 0.0192. The molecule has 0 radical (unpaired) electrons. The predicted octanol–water partition coefficient (Wildman–Crippen LogP) is 8.14. The van der Waals surface area contributed by atoms with Crippen molar-refractivity contribution in [2.45, 2.75) is 63.5 Å². The number of aryl methyl sites for hydroxylation is 1. The number of hydrogen-bond donors (Lipinski definition) is 0. The van der Waals surface area contributed by atoms with Crippen LogP contribution >= 0.6 is 11.3 Å². The van der Waals surface area contributed by atoms with Gasteiger partial charge in [-0.1, -0.05) is 61.1 Å². The van der Waals surface area contributed by atoms with Crippen LogP contribution in [0.4, 0.5) is 39.5 Å². The molecule has 0 spiro atoms. The van der Waals surface area contributed by atoms with E-state index in [-0.39, 0.29) is 10.9 Å². The van der Waals surface area contributed by atoms with Gasteiger partial charge in [0.05, 0.1) is 0 Å². The van der Waals surface area contributed by atoms with Gasteiger partial charge in [0.1, 0.15) is 10.9 Å². The monoisotopic (exact) mass is 624 g/mol. The van der Waals surface area contributed by atoms with Gasteiger partial charge in [-0.05, 0) is 48.1 Å². The Bertz CT molecular complexity index is 1250. The van der Waals surface area contributed by atoms with Gasteiger partial charge in [0.25, 0.3) is 0 Å². The molecule has 3 aromatic rings. The molecular weight excluding hydrogens is 603 g/mol. The first kappa shape index (κ1) is 33.0. The molecular formula is C24H21F9O3S3. The number of thiophene rings is 1. The Kier molecular flexibility index (Phi) is 10.6. The second-order valence-electron chi connectivity index (χ2n) is 7.93. The maximum atomic E-state index is 12.2. The Morgan fingerprint density at radius 2 is 1.26 bits per heavy atom. The molecule has 0 aliphatic carbocycles. The number of unbranched alkanes of at least 4 members (excludes halogenated alkanes) is 1. The number of benzene rings is 2. The molecule has 3 rings (SSSR count). The van der Waals surface area contributed by atoms with Crippen LogP contribution < -0.4 is 0 Å². The molecule has 216 valence electrons. The smallest absolute Gasteiger partial charge is 0.460 e. The van der Waals surface area contributed by atoms with Gasteiger partial charge in [-0.2, -0.15) is 39.5 Å². The molecule has 3 nitrogen and oxygen atoms in total. The predicted molar refractivity (Wildman–Crippen MR) is 129 cm³/mol. The van der Waals surface area contributed by atoms with Crippen LogP contribution in [0.1, 0.15) is 25.3 Å². The highest BCUT2D eigenvalue weighted by Crippen LogP contribution is 2.54. The number of alkyl halides is 9.